The van der Waals surface area contributed by atoms with Gasteiger partial charge >= 0.3 is 6.18 Å². The van der Waals surface area contributed by atoms with Gasteiger partial charge in [0.1, 0.15) is 5.54 Å². The van der Waals surface area contributed by atoms with Gasteiger partial charge in [0.25, 0.3) is 0 Å². The summed E-state index contributed by atoms with van der Waals surface area (Å²) in [5.74, 6) is -0.00950. The van der Waals surface area contributed by atoms with Crippen LogP contribution in [0.3, 0.4) is 0 Å². The molecule has 0 unspecified atom stereocenters. The molecular weight excluding hydrogens is 443 g/mol. The van der Waals surface area contributed by atoms with Gasteiger partial charge in [-0.25, -0.2) is 4.98 Å². The van der Waals surface area contributed by atoms with E-state index in [-0.39, 0.29) is 36.4 Å². The van der Waals surface area contributed by atoms with E-state index in [4.69, 9.17) is 4.52 Å². The zero-order chi connectivity index (χ0) is 23.9. The summed E-state index contributed by atoms with van der Waals surface area (Å²) in [6.45, 7) is 0.0168. The van der Waals surface area contributed by atoms with Crippen LogP contribution in [-0.4, -0.2) is 39.7 Å². The normalized spacial score (nSPS) is 16.0. The second-order valence-corrected chi connectivity index (χ2v) is 8.03. The van der Waals surface area contributed by atoms with Crippen molar-refractivity contribution in [3.8, 4) is 5.88 Å². The average molecular weight is 469 g/mol. The molecule has 0 saturated heterocycles. The highest BCUT2D eigenvalue weighted by Crippen LogP contribution is 2.34. The number of hydrogen-bond acceptors (Lipinski definition) is 7. The van der Waals surface area contributed by atoms with Crippen molar-refractivity contribution in [1.29, 1.82) is 0 Å². The van der Waals surface area contributed by atoms with Gasteiger partial charge in [0.05, 0.1) is 11.9 Å². The molecule has 2 aromatic heterocycles. The van der Waals surface area contributed by atoms with Crippen LogP contribution in [0.2, 0.25) is 0 Å². The number of hydrogen-bond donors (Lipinski definition) is 2. The van der Waals surface area contributed by atoms with Crippen molar-refractivity contribution in [2.24, 2.45) is 0 Å². The number of anilines is 1. The fraction of sp³-hybridized carbons (Fsp3) is 0.571. The van der Waals surface area contributed by atoms with Crippen LogP contribution in [0.1, 0.15) is 63.6 Å². The van der Waals surface area contributed by atoms with Gasteiger partial charge < -0.3 is 19.9 Å². The first-order chi connectivity index (χ1) is 15.7. The Labute approximate surface area is 188 Å². The second kappa shape index (κ2) is 10.6. The van der Waals surface area contributed by atoms with E-state index in [9.17, 15) is 22.8 Å². The van der Waals surface area contributed by atoms with Crippen molar-refractivity contribution in [2.45, 2.75) is 70.0 Å². The van der Waals surface area contributed by atoms with Gasteiger partial charge in [-0.2, -0.15) is 18.2 Å². The topological polar surface area (TPSA) is 119 Å². The summed E-state index contributed by atoms with van der Waals surface area (Å²) >= 11 is 0. The second-order valence-electron chi connectivity index (χ2n) is 8.03. The summed E-state index contributed by atoms with van der Waals surface area (Å²) in [6.07, 6.45) is 2.48. The smallest absolute Gasteiger partial charge is 0.422 e. The molecule has 1 fully saturated rings. The molecule has 0 spiro atoms. The molecule has 2 aromatic rings. The molecular formula is C21H26F3N5O4. The number of amides is 2. The Morgan fingerprint density at radius 2 is 1.91 bits per heavy atom. The maximum absolute atomic E-state index is 12.2. The molecule has 0 bridgehead atoms. The maximum atomic E-state index is 12.2. The molecule has 180 valence electrons. The molecule has 12 heteroatoms. The van der Waals surface area contributed by atoms with Crippen LogP contribution in [0, 0.1) is 0 Å². The number of nitrogens with one attached hydrogen (secondary N) is 2. The number of halogens is 3. The van der Waals surface area contributed by atoms with Crippen molar-refractivity contribution in [3.05, 3.63) is 30.0 Å². The summed E-state index contributed by atoms with van der Waals surface area (Å²) in [6, 6.07) is 2.63. The lowest BCUT2D eigenvalue weighted by atomic mass is 9.89. The van der Waals surface area contributed by atoms with E-state index in [0.717, 1.165) is 38.5 Å². The van der Waals surface area contributed by atoms with Crippen molar-refractivity contribution < 1.29 is 32.0 Å². The number of pyridine rings is 1. The van der Waals surface area contributed by atoms with Gasteiger partial charge in [-0.3, -0.25) is 9.59 Å². The van der Waals surface area contributed by atoms with Gasteiger partial charge in [0, 0.05) is 25.8 Å². The fourth-order valence-electron chi connectivity index (χ4n) is 3.76. The average Bonchev–Trinajstić information content (AvgIpc) is 3.11. The number of aromatic nitrogens is 3. The van der Waals surface area contributed by atoms with Gasteiger partial charge in [0.15, 0.2) is 12.4 Å². The van der Waals surface area contributed by atoms with Gasteiger partial charge in [-0.05, 0) is 18.9 Å². The molecule has 9 nitrogen and oxygen atoms in total. The molecule has 2 N–H and O–H groups in total. The molecule has 33 heavy (non-hydrogen) atoms. The molecule has 0 aromatic carbocycles. The van der Waals surface area contributed by atoms with Crippen molar-refractivity contribution >= 4 is 17.5 Å². The Balaban J connectivity index is 1.54. The van der Waals surface area contributed by atoms with Crippen molar-refractivity contribution in [2.75, 3.05) is 11.9 Å². The standard InChI is InChI=1S/C21H26F3N5O4/c1-14(30)28-20(10-4-2-3-5-11-20)19-27-18(33-29-19)9-7-16(31)26-15-6-8-17(25-12-15)32-13-21(22,23)24/h6,8,12H,2-5,7,9-11,13H2,1H3,(H,26,31)(H,28,30). The summed E-state index contributed by atoms with van der Waals surface area (Å²) in [7, 11) is 0. The molecule has 2 heterocycles. The lowest BCUT2D eigenvalue weighted by molar-refractivity contribution is -0.154. The van der Waals surface area contributed by atoms with Crippen LogP contribution in [0.25, 0.3) is 0 Å². The third-order valence-electron chi connectivity index (χ3n) is 5.24. The predicted molar refractivity (Wildman–Crippen MR) is 110 cm³/mol. The van der Waals surface area contributed by atoms with Gasteiger partial charge in [-0.1, -0.05) is 30.8 Å². The number of rotatable bonds is 8. The Hall–Kier alpha value is -3.18. The molecule has 1 aliphatic carbocycles. The minimum atomic E-state index is -4.46. The van der Waals surface area contributed by atoms with Crippen molar-refractivity contribution in [3.63, 3.8) is 0 Å². The molecule has 0 radical (unpaired) electrons. The number of carbonyl (C=O) groups excluding carboxylic acids is 2. The first kappa shape index (κ1) is 24.5. The summed E-state index contributed by atoms with van der Waals surface area (Å²) < 4.78 is 46.4. The quantitative estimate of drug-likeness (QED) is 0.566. The number of alkyl halides is 3. The highest BCUT2D eigenvalue weighted by molar-refractivity contribution is 5.90. The van der Waals surface area contributed by atoms with Crippen molar-refractivity contribution in [1.82, 2.24) is 20.4 Å². The first-order valence-corrected chi connectivity index (χ1v) is 10.7. The van der Waals surface area contributed by atoms with E-state index in [1.54, 1.807) is 0 Å². The molecule has 0 aliphatic heterocycles. The molecule has 3 rings (SSSR count). The lowest BCUT2D eigenvalue weighted by Crippen LogP contribution is -2.45. The first-order valence-electron chi connectivity index (χ1n) is 10.7. The van der Waals surface area contributed by atoms with E-state index in [1.165, 1.54) is 25.3 Å². The van der Waals surface area contributed by atoms with E-state index < -0.39 is 18.3 Å². The predicted octanol–water partition coefficient (Wildman–Crippen LogP) is 3.66. The SMILES string of the molecule is CC(=O)NC1(c2noc(CCC(=O)Nc3ccc(OCC(F)(F)F)nc3)n2)CCCCCC1. The molecule has 2 amide bonds. The Bertz CT molecular complexity index is 938. The van der Waals surface area contributed by atoms with Crippen LogP contribution in [0.4, 0.5) is 18.9 Å². The van der Waals surface area contributed by atoms with Gasteiger partial charge in [0.2, 0.25) is 23.6 Å². The van der Waals surface area contributed by atoms with Crippen LogP contribution in [0.5, 0.6) is 5.88 Å². The highest BCUT2D eigenvalue weighted by atomic mass is 19.4. The summed E-state index contributed by atoms with van der Waals surface area (Å²) in [5, 5.41) is 9.68. The lowest BCUT2D eigenvalue weighted by Gasteiger charge is -2.30. The van der Waals surface area contributed by atoms with Crippen LogP contribution < -0.4 is 15.4 Å². The Morgan fingerprint density at radius 1 is 1.18 bits per heavy atom. The van der Waals surface area contributed by atoms with Crippen LogP contribution in [-0.2, 0) is 21.5 Å². The number of aryl methyl sites for hydroxylation is 1. The van der Waals surface area contributed by atoms with Crippen LogP contribution >= 0.6 is 0 Å². The summed E-state index contributed by atoms with van der Waals surface area (Å²) in [4.78, 5) is 32.2. The zero-order valence-electron chi connectivity index (χ0n) is 18.2. The van der Waals surface area contributed by atoms with E-state index in [1.807, 2.05) is 0 Å². The monoisotopic (exact) mass is 469 g/mol. The van der Waals surface area contributed by atoms with E-state index in [0.29, 0.717) is 11.5 Å². The number of ether oxygens (including phenoxy) is 1. The number of nitrogens with zero attached hydrogens (tertiary/aromatic N) is 3. The van der Waals surface area contributed by atoms with Gasteiger partial charge in [-0.15, -0.1) is 0 Å². The summed E-state index contributed by atoms with van der Waals surface area (Å²) in [5.41, 5.74) is -0.345. The van der Waals surface area contributed by atoms with E-state index in [2.05, 4.69) is 30.5 Å². The zero-order valence-corrected chi connectivity index (χ0v) is 18.2. The maximum Gasteiger partial charge on any atom is 0.422 e. The van der Waals surface area contributed by atoms with E-state index >= 15 is 0 Å². The largest absolute Gasteiger partial charge is 0.468 e. The Morgan fingerprint density at radius 3 is 2.52 bits per heavy atom. The minimum absolute atomic E-state index is 0.0428. The molecule has 0 atom stereocenters. The third kappa shape index (κ3) is 7.43. The number of carbonyl (C=O) groups is 2. The highest BCUT2D eigenvalue weighted by Gasteiger charge is 2.38. The molecule has 1 aliphatic rings. The Kier molecular flexibility index (Phi) is 7.88. The van der Waals surface area contributed by atoms with Crippen LogP contribution in [0.15, 0.2) is 22.9 Å². The fourth-order valence-corrected chi connectivity index (χ4v) is 3.76. The molecule has 1 saturated carbocycles. The minimum Gasteiger partial charge on any atom is -0.468 e. The third-order valence-corrected chi connectivity index (χ3v) is 5.24.